The van der Waals surface area contributed by atoms with Gasteiger partial charge in [-0.05, 0) is 37.8 Å². The number of nitrogens with one attached hydrogen (secondary N) is 1. The molecule has 0 aliphatic rings. The van der Waals surface area contributed by atoms with Crippen molar-refractivity contribution >= 4 is 17.8 Å². The van der Waals surface area contributed by atoms with Crippen LogP contribution in [0.25, 0.3) is 0 Å². The molecule has 0 bridgehead atoms. The maximum atomic E-state index is 12.9. The van der Waals surface area contributed by atoms with Crippen molar-refractivity contribution in [2.45, 2.75) is 45.4 Å². The fourth-order valence-corrected chi connectivity index (χ4v) is 3.09. The number of carbonyl (C=O) groups is 3. The van der Waals surface area contributed by atoms with E-state index < -0.39 is 36.5 Å². The average molecular weight is 443 g/mol. The van der Waals surface area contributed by atoms with Gasteiger partial charge < -0.3 is 9.84 Å². The Labute approximate surface area is 188 Å². The average Bonchev–Trinajstić information content (AvgIpc) is 2.80. The minimum Gasteiger partial charge on any atom is -0.480 e. The molecule has 0 spiro atoms. The molecule has 2 aromatic rings. The number of benzene rings is 2. The number of amides is 1. The smallest absolute Gasteiger partial charge is 0.325 e. The lowest BCUT2D eigenvalue weighted by Gasteiger charge is -2.26. The quantitative estimate of drug-likeness (QED) is 0.363. The van der Waals surface area contributed by atoms with Crippen molar-refractivity contribution in [3.8, 4) is 0 Å². The second-order valence-electron chi connectivity index (χ2n) is 7.24. The molecular formula is C24H30N2O6. The van der Waals surface area contributed by atoms with E-state index >= 15 is 0 Å². The van der Waals surface area contributed by atoms with Gasteiger partial charge in [-0.1, -0.05) is 60.7 Å². The van der Waals surface area contributed by atoms with E-state index in [2.05, 4.69) is 5.32 Å². The number of hydrogen-bond donors (Lipinski definition) is 2. The zero-order valence-electron chi connectivity index (χ0n) is 18.4. The van der Waals surface area contributed by atoms with Gasteiger partial charge >= 0.3 is 11.9 Å². The first-order valence-corrected chi connectivity index (χ1v) is 10.6. The van der Waals surface area contributed by atoms with Crippen LogP contribution >= 0.6 is 0 Å². The molecule has 2 aromatic carbocycles. The van der Waals surface area contributed by atoms with Crippen molar-refractivity contribution in [2.24, 2.45) is 0 Å². The van der Waals surface area contributed by atoms with E-state index in [1.807, 2.05) is 60.7 Å². The zero-order chi connectivity index (χ0) is 23.3. The minimum atomic E-state index is -1.20. The SMILES string of the molecule is CCOC(=O)[C@H](CCc1ccccc1)N[C@@H](C)C(=O)N(CC(=O)O)OCc1ccccc1. The monoisotopic (exact) mass is 442 g/mol. The van der Waals surface area contributed by atoms with E-state index in [-0.39, 0.29) is 13.2 Å². The predicted octanol–water partition coefficient (Wildman–Crippen LogP) is 2.57. The predicted molar refractivity (Wildman–Crippen MR) is 118 cm³/mol. The molecule has 8 nitrogen and oxygen atoms in total. The Morgan fingerprint density at radius 2 is 1.59 bits per heavy atom. The summed E-state index contributed by atoms with van der Waals surface area (Å²) in [5, 5.41) is 13.0. The largest absolute Gasteiger partial charge is 0.480 e. The van der Waals surface area contributed by atoms with Gasteiger partial charge in [-0.25, -0.2) is 5.06 Å². The molecule has 0 aliphatic carbocycles. The Bertz CT molecular complexity index is 859. The van der Waals surface area contributed by atoms with Crippen molar-refractivity contribution in [3.63, 3.8) is 0 Å². The van der Waals surface area contributed by atoms with E-state index in [1.54, 1.807) is 13.8 Å². The van der Waals surface area contributed by atoms with Crippen molar-refractivity contribution in [1.29, 1.82) is 0 Å². The Balaban J connectivity index is 2.04. The number of nitrogens with zero attached hydrogens (tertiary/aromatic N) is 1. The number of esters is 1. The Morgan fingerprint density at radius 3 is 2.16 bits per heavy atom. The fraction of sp³-hybridized carbons (Fsp3) is 0.375. The van der Waals surface area contributed by atoms with E-state index in [9.17, 15) is 19.5 Å². The van der Waals surface area contributed by atoms with Crippen molar-refractivity contribution < 1.29 is 29.1 Å². The van der Waals surface area contributed by atoms with Crippen LogP contribution in [0.2, 0.25) is 0 Å². The highest BCUT2D eigenvalue weighted by Gasteiger charge is 2.29. The minimum absolute atomic E-state index is 0.0435. The molecule has 8 heteroatoms. The summed E-state index contributed by atoms with van der Waals surface area (Å²) in [5.74, 6) is -2.25. The van der Waals surface area contributed by atoms with Crippen LogP contribution < -0.4 is 5.32 Å². The molecule has 2 rings (SSSR count). The number of ether oxygens (including phenoxy) is 1. The third kappa shape index (κ3) is 8.49. The lowest BCUT2D eigenvalue weighted by atomic mass is 10.0. The number of aryl methyl sites for hydroxylation is 1. The molecule has 0 heterocycles. The van der Waals surface area contributed by atoms with Gasteiger partial charge in [0.05, 0.1) is 12.6 Å². The number of carboxylic acids is 1. The van der Waals surface area contributed by atoms with E-state index in [1.165, 1.54) is 0 Å². The number of carboxylic acid groups (broad SMARTS) is 1. The summed E-state index contributed by atoms with van der Waals surface area (Å²) in [6.45, 7) is 2.92. The topological polar surface area (TPSA) is 105 Å². The lowest BCUT2D eigenvalue weighted by molar-refractivity contribution is -0.198. The van der Waals surface area contributed by atoms with Crippen molar-refractivity contribution in [3.05, 3.63) is 71.8 Å². The van der Waals surface area contributed by atoms with Crippen LogP contribution in [0.3, 0.4) is 0 Å². The lowest BCUT2D eigenvalue weighted by Crippen LogP contribution is -2.52. The van der Waals surface area contributed by atoms with Crippen LogP contribution in [0.5, 0.6) is 0 Å². The first kappa shape index (κ1) is 25.0. The van der Waals surface area contributed by atoms with Crippen LogP contribution in [0, 0.1) is 0 Å². The number of aliphatic carboxylic acids is 1. The highest BCUT2D eigenvalue weighted by atomic mass is 16.7. The molecule has 0 aromatic heterocycles. The van der Waals surface area contributed by atoms with Gasteiger partial charge in [-0.2, -0.15) is 0 Å². The van der Waals surface area contributed by atoms with Crippen molar-refractivity contribution in [1.82, 2.24) is 10.4 Å². The highest BCUT2D eigenvalue weighted by molar-refractivity contribution is 5.85. The second kappa shape index (κ2) is 13.2. The molecule has 2 atom stereocenters. The molecule has 0 fully saturated rings. The maximum Gasteiger partial charge on any atom is 0.325 e. The third-order valence-corrected chi connectivity index (χ3v) is 4.71. The number of carbonyl (C=O) groups excluding carboxylic acids is 2. The summed E-state index contributed by atoms with van der Waals surface area (Å²) in [5.41, 5.74) is 1.85. The molecule has 32 heavy (non-hydrogen) atoms. The summed E-state index contributed by atoms with van der Waals surface area (Å²) in [4.78, 5) is 42.1. The van der Waals surface area contributed by atoms with Crippen LogP contribution in [0.1, 0.15) is 31.4 Å². The molecule has 0 aliphatic heterocycles. The van der Waals surface area contributed by atoms with Gasteiger partial charge in [-0.15, -0.1) is 0 Å². The first-order chi connectivity index (χ1) is 15.4. The van der Waals surface area contributed by atoms with Crippen LogP contribution in [-0.4, -0.2) is 53.3 Å². The molecule has 2 N–H and O–H groups in total. The molecule has 0 saturated heterocycles. The normalized spacial score (nSPS) is 12.6. The molecule has 172 valence electrons. The van der Waals surface area contributed by atoms with E-state index in [0.29, 0.717) is 12.8 Å². The van der Waals surface area contributed by atoms with Crippen LogP contribution in [0.15, 0.2) is 60.7 Å². The van der Waals surface area contributed by atoms with E-state index in [4.69, 9.17) is 9.57 Å². The standard InChI is InChI=1S/C24H30N2O6/c1-3-31-24(30)21(15-14-19-10-6-4-7-11-19)25-18(2)23(29)26(16-22(27)28)32-17-20-12-8-5-9-13-20/h4-13,18,21,25H,3,14-17H2,1-2H3,(H,27,28)/t18-,21-/m0/s1. The highest BCUT2D eigenvalue weighted by Crippen LogP contribution is 2.09. The summed E-state index contributed by atoms with van der Waals surface area (Å²) >= 11 is 0. The Kier molecular flexibility index (Phi) is 10.4. The third-order valence-electron chi connectivity index (χ3n) is 4.71. The van der Waals surface area contributed by atoms with Gasteiger partial charge in [0, 0.05) is 0 Å². The summed E-state index contributed by atoms with van der Waals surface area (Å²) in [7, 11) is 0. The van der Waals surface area contributed by atoms with Crippen molar-refractivity contribution in [2.75, 3.05) is 13.2 Å². The van der Waals surface area contributed by atoms with Crippen LogP contribution in [0.4, 0.5) is 0 Å². The summed E-state index contributed by atoms with van der Waals surface area (Å²) < 4.78 is 5.15. The Hall–Kier alpha value is -3.23. The molecule has 1 amide bonds. The zero-order valence-corrected chi connectivity index (χ0v) is 18.4. The number of hydroxylamine groups is 2. The number of hydrogen-bond acceptors (Lipinski definition) is 6. The molecule has 0 unspecified atom stereocenters. The molecule has 0 saturated carbocycles. The van der Waals surface area contributed by atoms with E-state index in [0.717, 1.165) is 16.2 Å². The first-order valence-electron chi connectivity index (χ1n) is 10.6. The van der Waals surface area contributed by atoms with Crippen LogP contribution in [-0.2, 0) is 37.0 Å². The molecular weight excluding hydrogens is 412 g/mol. The summed E-state index contributed by atoms with van der Waals surface area (Å²) in [6.07, 6.45) is 1.03. The van der Waals surface area contributed by atoms with Gasteiger partial charge in [0.25, 0.3) is 5.91 Å². The second-order valence-corrected chi connectivity index (χ2v) is 7.24. The molecule has 0 radical (unpaired) electrons. The van der Waals surface area contributed by atoms with Gasteiger partial charge in [0.1, 0.15) is 19.2 Å². The van der Waals surface area contributed by atoms with Gasteiger partial charge in [0.2, 0.25) is 0 Å². The van der Waals surface area contributed by atoms with Gasteiger partial charge in [-0.3, -0.25) is 24.5 Å². The fourth-order valence-electron chi connectivity index (χ4n) is 3.09. The summed E-state index contributed by atoms with van der Waals surface area (Å²) in [6, 6.07) is 17.2. The maximum absolute atomic E-state index is 12.9. The Morgan fingerprint density at radius 1 is 1.00 bits per heavy atom. The number of rotatable bonds is 13. The van der Waals surface area contributed by atoms with Gasteiger partial charge in [0.15, 0.2) is 0 Å².